The molecule has 0 atom stereocenters. The third-order valence-corrected chi connectivity index (χ3v) is 7.25. The van der Waals surface area contributed by atoms with Crippen LogP contribution >= 0.6 is 0 Å². The summed E-state index contributed by atoms with van der Waals surface area (Å²) < 4.78 is 34.2. The van der Waals surface area contributed by atoms with Crippen LogP contribution in [0.4, 0.5) is 11.4 Å². The first-order chi connectivity index (χ1) is 16.9. The number of nitrogens with zero attached hydrogens (tertiary/aromatic N) is 1. The van der Waals surface area contributed by atoms with Crippen molar-refractivity contribution in [2.75, 3.05) is 42.9 Å². The molecule has 1 aliphatic heterocycles. The monoisotopic (exact) mass is 494 g/mol. The van der Waals surface area contributed by atoms with E-state index in [0.717, 1.165) is 43.0 Å². The number of carbonyl (C=O) groups excluding carboxylic acids is 1. The van der Waals surface area contributed by atoms with Crippen LogP contribution in [0, 0.1) is 6.92 Å². The zero-order valence-electron chi connectivity index (χ0n) is 19.9. The number of rotatable bonds is 8. The summed E-state index contributed by atoms with van der Waals surface area (Å²) in [5.41, 5.74) is 3.59. The maximum absolute atomic E-state index is 13.2. The summed E-state index contributed by atoms with van der Waals surface area (Å²) in [6.07, 6.45) is 0. The average Bonchev–Trinajstić information content (AvgIpc) is 2.87. The first kappa shape index (κ1) is 24.6. The Morgan fingerprint density at radius 1 is 1.03 bits per heavy atom. The number of carbonyl (C=O) groups is 1. The van der Waals surface area contributed by atoms with Crippen molar-refractivity contribution in [2.24, 2.45) is 0 Å². The molecule has 3 N–H and O–H groups in total. The van der Waals surface area contributed by atoms with Crippen molar-refractivity contribution in [3.63, 3.8) is 0 Å². The van der Waals surface area contributed by atoms with Gasteiger partial charge in [-0.25, -0.2) is 8.42 Å². The van der Waals surface area contributed by atoms with Crippen molar-refractivity contribution < 1.29 is 17.9 Å². The molecular weight excluding hydrogens is 464 g/mol. The van der Waals surface area contributed by atoms with Crippen molar-refractivity contribution in [3.8, 4) is 5.75 Å². The van der Waals surface area contributed by atoms with Crippen LogP contribution in [-0.4, -0.2) is 47.6 Å². The molecule has 0 saturated carbocycles. The highest BCUT2D eigenvalue weighted by molar-refractivity contribution is 7.92. The SMILES string of the molecule is COc1ccc(S(=O)(=O)Nc2cc(C(=O)NCc3cccc(C)c3)ccc2N2CCNCC2)cc1. The van der Waals surface area contributed by atoms with E-state index < -0.39 is 10.0 Å². The molecule has 0 spiro atoms. The maximum atomic E-state index is 13.2. The minimum Gasteiger partial charge on any atom is -0.497 e. The van der Waals surface area contributed by atoms with Crippen LogP contribution < -0.4 is 25.0 Å². The number of nitrogens with one attached hydrogen (secondary N) is 3. The molecule has 1 aliphatic rings. The first-order valence-electron chi connectivity index (χ1n) is 11.5. The van der Waals surface area contributed by atoms with Gasteiger partial charge in [0, 0.05) is 38.3 Å². The van der Waals surface area contributed by atoms with Gasteiger partial charge in [0.2, 0.25) is 0 Å². The molecule has 3 aromatic carbocycles. The minimum absolute atomic E-state index is 0.110. The van der Waals surface area contributed by atoms with Crippen LogP contribution in [0.5, 0.6) is 5.75 Å². The second-order valence-electron chi connectivity index (χ2n) is 8.42. The molecule has 1 amide bonds. The van der Waals surface area contributed by atoms with E-state index in [0.29, 0.717) is 23.5 Å². The van der Waals surface area contributed by atoms with E-state index in [2.05, 4.69) is 20.3 Å². The van der Waals surface area contributed by atoms with Gasteiger partial charge < -0.3 is 20.3 Å². The zero-order chi connectivity index (χ0) is 24.8. The van der Waals surface area contributed by atoms with E-state index in [1.807, 2.05) is 31.2 Å². The van der Waals surface area contributed by atoms with Gasteiger partial charge in [0.05, 0.1) is 23.4 Å². The number of ether oxygens (including phenoxy) is 1. The standard InChI is InChI=1S/C26H30N4O4S/c1-19-4-3-5-20(16-19)18-28-26(31)21-6-11-25(30-14-12-27-13-15-30)24(17-21)29-35(32,33)23-9-7-22(34-2)8-10-23/h3-11,16-17,27,29H,12-15,18H2,1-2H3,(H,28,31). The fourth-order valence-electron chi connectivity index (χ4n) is 4.01. The Morgan fingerprint density at radius 3 is 2.46 bits per heavy atom. The van der Waals surface area contributed by atoms with Crippen LogP contribution in [0.2, 0.25) is 0 Å². The summed E-state index contributed by atoms with van der Waals surface area (Å²) in [5.74, 6) is 0.293. The molecule has 1 heterocycles. The number of hydrogen-bond acceptors (Lipinski definition) is 6. The number of hydrogen-bond donors (Lipinski definition) is 3. The van der Waals surface area contributed by atoms with Crippen LogP contribution in [0.1, 0.15) is 21.5 Å². The lowest BCUT2D eigenvalue weighted by Crippen LogP contribution is -2.43. The highest BCUT2D eigenvalue weighted by Crippen LogP contribution is 2.30. The Morgan fingerprint density at radius 2 is 1.77 bits per heavy atom. The van der Waals surface area contributed by atoms with E-state index >= 15 is 0 Å². The number of anilines is 2. The van der Waals surface area contributed by atoms with E-state index in [-0.39, 0.29) is 10.8 Å². The van der Waals surface area contributed by atoms with Crippen molar-refractivity contribution >= 4 is 27.3 Å². The Bertz CT molecular complexity index is 1290. The van der Waals surface area contributed by atoms with Gasteiger partial charge in [0.1, 0.15) is 5.75 Å². The van der Waals surface area contributed by atoms with Gasteiger partial charge in [-0.15, -0.1) is 0 Å². The Hall–Kier alpha value is -3.56. The van der Waals surface area contributed by atoms with Crippen molar-refractivity contribution in [1.29, 1.82) is 0 Å². The topological polar surface area (TPSA) is 99.8 Å². The predicted octanol–water partition coefficient (Wildman–Crippen LogP) is 3.14. The quantitative estimate of drug-likeness (QED) is 0.445. The number of piperazine rings is 1. The highest BCUT2D eigenvalue weighted by atomic mass is 32.2. The van der Waals surface area contributed by atoms with Crippen LogP contribution in [0.3, 0.4) is 0 Å². The molecule has 4 rings (SSSR count). The summed E-state index contributed by atoms with van der Waals surface area (Å²) in [6.45, 7) is 5.44. The second kappa shape index (κ2) is 10.8. The summed E-state index contributed by atoms with van der Waals surface area (Å²) in [6, 6.07) is 19.2. The van der Waals surface area contributed by atoms with Crippen molar-refractivity contribution in [1.82, 2.24) is 10.6 Å². The second-order valence-corrected chi connectivity index (χ2v) is 10.1. The first-order valence-corrected chi connectivity index (χ1v) is 12.9. The molecule has 3 aromatic rings. The summed E-state index contributed by atoms with van der Waals surface area (Å²) in [5, 5.41) is 6.22. The third kappa shape index (κ3) is 6.12. The lowest BCUT2D eigenvalue weighted by molar-refractivity contribution is 0.0951. The molecule has 9 heteroatoms. The Labute approximate surface area is 206 Å². The molecule has 0 radical (unpaired) electrons. The fourth-order valence-corrected chi connectivity index (χ4v) is 5.07. The smallest absolute Gasteiger partial charge is 0.261 e. The molecule has 0 bridgehead atoms. The maximum Gasteiger partial charge on any atom is 0.261 e. The Kier molecular flexibility index (Phi) is 7.57. The van der Waals surface area contributed by atoms with E-state index in [1.165, 1.54) is 19.2 Å². The van der Waals surface area contributed by atoms with Crippen molar-refractivity contribution in [2.45, 2.75) is 18.4 Å². The molecule has 8 nitrogen and oxygen atoms in total. The number of amides is 1. The van der Waals surface area contributed by atoms with E-state index in [9.17, 15) is 13.2 Å². The van der Waals surface area contributed by atoms with Gasteiger partial charge in [0.25, 0.3) is 15.9 Å². The normalized spacial score (nSPS) is 13.8. The van der Waals surface area contributed by atoms with E-state index in [4.69, 9.17) is 4.74 Å². The van der Waals surface area contributed by atoms with E-state index in [1.54, 1.807) is 30.3 Å². The highest BCUT2D eigenvalue weighted by Gasteiger charge is 2.21. The van der Waals surface area contributed by atoms with Gasteiger partial charge in [-0.1, -0.05) is 29.8 Å². The zero-order valence-corrected chi connectivity index (χ0v) is 20.7. The third-order valence-electron chi connectivity index (χ3n) is 5.87. The van der Waals surface area contributed by atoms with Crippen LogP contribution in [-0.2, 0) is 16.6 Å². The van der Waals surface area contributed by atoms with Crippen LogP contribution in [0.15, 0.2) is 71.6 Å². The molecule has 0 unspecified atom stereocenters. The number of aryl methyl sites for hydroxylation is 1. The molecular formula is C26H30N4O4S. The van der Waals surface area contributed by atoms with Gasteiger partial charge in [-0.3, -0.25) is 9.52 Å². The molecule has 0 aromatic heterocycles. The number of benzene rings is 3. The average molecular weight is 495 g/mol. The fraction of sp³-hybridized carbons (Fsp3) is 0.269. The summed E-state index contributed by atoms with van der Waals surface area (Å²) in [7, 11) is -2.36. The lowest BCUT2D eigenvalue weighted by atomic mass is 10.1. The molecule has 184 valence electrons. The summed E-state index contributed by atoms with van der Waals surface area (Å²) >= 11 is 0. The number of sulfonamides is 1. The van der Waals surface area contributed by atoms with Gasteiger partial charge in [0.15, 0.2) is 0 Å². The minimum atomic E-state index is -3.88. The van der Waals surface area contributed by atoms with Gasteiger partial charge in [-0.05, 0) is 55.0 Å². The molecule has 1 fully saturated rings. The molecule has 35 heavy (non-hydrogen) atoms. The Balaban J connectivity index is 1.60. The molecule has 1 saturated heterocycles. The lowest BCUT2D eigenvalue weighted by Gasteiger charge is -2.31. The largest absolute Gasteiger partial charge is 0.497 e. The molecule has 0 aliphatic carbocycles. The van der Waals surface area contributed by atoms with Crippen molar-refractivity contribution in [3.05, 3.63) is 83.4 Å². The van der Waals surface area contributed by atoms with Crippen LogP contribution in [0.25, 0.3) is 0 Å². The van der Waals surface area contributed by atoms with Gasteiger partial charge >= 0.3 is 0 Å². The van der Waals surface area contributed by atoms with Gasteiger partial charge in [-0.2, -0.15) is 0 Å². The number of methoxy groups -OCH3 is 1. The summed E-state index contributed by atoms with van der Waals surface area (Å²) in [4.78, 5) is 15.1. The predicted molar refractivity (Wildman–Crippen MR) is 138 cm³/mol.